The summed E-state index contributed by atoms with van der Waals surface area (Å²) in [6.07, 6.45) is 1.86. The molecule has 3 rings (SSSR count). The number of rotatable bonds is 5. The molecule has 152 valence electrons. The third-order valence-electron chi connectivity index (χ3n) is 5.48. The van der Waals surface area contributed by atoms with E-state index in [9.17, 15) is 0 Å². The Hall–Kier alpha value is -1.80. The number of halogens is 1. The molecule has 0 saturated carbocycles. The number of benzene rings is 2. The van der Waals surface area contributed by atoms with Crippen LogP contribution < -0.4 is 15.8 Å². The second-order valence-corrected chi connectivity index (χ2v) is 7.25. The molecule has 28 heavy (non-hydrogen) atoms. The molecule has 0 amide bonds. The largest absolute Gasteiger partial charge is 0.497 e. The van der Waals surface area contributed by atoms with Crippen LogP contribution in [0.15, 0.2) is 47.5 Å². The highest BCUT2D eigenvalue weighted by atomic mass is 127. The fourth-order valence-electron chi connectivity index (χ4n) is 3.49. The molecule has 1 aliphatic heterocycles. The van der Waals surface area contributed by atoms with Gasteiger partial charge in [-0.2, -0.15) is 0 Å². The average Bonchev–Trinajstić information content (AvgIpc) is 2.70. The molecule has 0 aliphatic carbocycles. The van der Waals surface area contributed by atoms with Crippen molar-refractivity contribution in [3.05, 3.63) is 59.2 Å². The maximum Gasteiger partial charge on any atom is 0.193 e. The highest BCUT2D eigenvalue weighted by Gasteiger charge is 2.34. The molecule has 0 spiro atoms. The van der Waals surface area contributed by atoms with Crippen molar-refractivity contribution in [2.75, 3.05) is 32.2 Å². The Morgan fingerprint density at radius 3 is 2.39 bits per heavy atom. The number of aliphatic imine (C=N–C) groups is 1. The first kappa shape index (κ1) is 22.5. The van der Waals surface area contributed by atoms with Gasteiger partial charge in [0.1, 0.15) is 5.75 Å². The Kier molecular flexibility index (Phi) is 8.12. The number of hydrogen-bond donors (Lipinski definition) is 2. The topological polar surface area (TPSA) is 68.9 Å². The molecule has 3 N–H and O–H groups in total. The summed E-state index contributed by atoms with van der Waals surface area (Å²) in [5, 5.41) is 3.21. The molecule has 2 aromatic rings. The second-order valence-electron chi connectivity index (χ2n) is 7.25. The van der Waals surface area contributed by atoms with Gasteiger partial charge in [-0.1, -0.05) is 18.2 Å². The number of methoxy groups -OCH3 is 1. The number of ether oxygens (including phenoxy) is 2. The Balaban J connectivity index is 0.00000280. The van der Waals surface area contributed by atoms with Crippen molar-refractivity contribution in [2.24, 2.45) is 10.7 Å². The summed E-state index contributed by atoms with van der Waals surface area (Å²) in [6, 6.07) is 14.5. The van der Waals surface area contributed by atoms with E-state index >= 15 is 0 Å². The van der Waals surface area contributed by atoms with Crippen LogP contribution in [-0.4, -0.2) is 32.8 Å². The minimum absolute atomic E-state index is 0. The van der Waals surface area contributed by atoms with Crippen LogP contribution in [-0.2, 0) is 10.2 Å². The molecule has 0 unspecified atom stereocenters. The molecule has 1 fully saturated rings. The van der Waals surface area contributed by atoms with Gasteiger partial charge in [-0.05, 0) is 67.6 Å². The molecule has 0 bridgehead atoms. The number of nitrogens with two attached hydrogens (primary N) is 1. The zero-order chi connectivity index (χ0) is 19.3. The SMILES string of the molecule is COc1ccc(C2(CN=C(N)Nc3ccc(C)c(C)c3)CCOCC2)cc1.I. The maximum atomic E-state index is 6.18. The Bertz CT molecular complexity index is 800. The van der Waals surface area contributed by atoms with Crippen molar-refractivity contribution in [1.29, 1.82) is 0 Å². The van der Waals surface area contributed by atoms with Crippen molar-refractivity contribution >= 4 is 35.6 Å². The van der Waals surface area contributed by atoms with Gasteiger partial charge in [0.25, 0.3) is 0 Å². The summed E-state index contributed by atoms with van der Waals surface area (Å²) in [5.74, 6) is 1.30. The van der Waals surface area contributed by atoms with E-state index in [1.54, 1.807) is 7.11 Å². The third-order valence-corrected chi connectivity index (χ3v) is 5.48. The minimum Gasteiger partial charge on any atom is -0.497 e. The van der Waals surface area contributed by atoms with E-state index in [-0.39, 0.29) is 29.4 Å². The molecule has 2 aromatic carbocycles. The van der Waals surface area contributed by atoms with Gasteiger partial charge in [-0.3, -0.25) is 4.99 Å². The molecule has 0 aromatic heterocycles. The van der Waals surface area contributed by atoms with Gasteiger partial charge >= 0.3 is 0 Å². The van der Waals surface area contributed by atoms with Crippen molar-refractivity contribution in [1.82, 2.24) is 0 Å². The first-order valence-electron chi connectivity index (χ1n) is 9.39. The zero-order valence-corrected chi connectivity index (χ0v) is 19.2. The maximum absolute atomic E-state index is 6.18. The van der Waals surface area contributed by atoms with Gasteiger partial charge < -0.3 is 20.5 Å². The molecule has 0 radical (unpaired) electrons. The van der Waals surface area contributed by atoms with Gasteiger partial charge in [0.05, 0.1) is 13.7 Å². The predicted octanol–water partition coefficient (Wildman–Crippen LogP) is 4.41. The standard InChI is InChI=1S/C22H29N3O2.HI/c1-16-4-7-19(14-17(16)2)25-21(23)24-15-22(10-12-27-13-11-22)18-5-8-20(26-3)9-6-18;/h4-9,14H,10-13,15H2,1-3H3,(H3,23,24,25);1H. The lowest BCUT2D eigenvalue weighted by atomic mass is 9.74. The normalized spacial score (nSPS) is 16.2. The van der Waals surface area contributed by atoms with Crippen LogP contribution >= 0.6 is 24.0 Å². The summed E-state index contributed by atoms with van der Waals surface area (Å²) < 4.78 is 10.9. The van der Waals surface area contributed by atoms with E-state index in [1.165, 1.54) is 16.7 Å². The van der Waals surface area contributed by atoms with E-state index in [0.29, 0.717) is 12.5 Å². The molecule has 0 atom stereocenters. The van der Waals surface area contributed by atoms with Crippen LogP contribution in [0.5, 0.6) is 5.75 Å². The number of nitrogens with one attached hydrogen (secondary N) is 1. The molecular formula is C22H30IN3O2. The lowest BCUT2D eigenvalue weighted by Gasteiger charge is -2.36. The van der Waals surface area contributed by atoms with Gasteiger partial charge in [0, 0.05) is 24.3 Å². The molecular weight excluding hydrogens is 465 g/mol. The quantitative estimate of drug-likeness (QED) is 0.367. The monoisotopic (exact) mass is 495 g/mol. The zero-order valence-electron chi connectivity index (χ0n) is 16.8. The smallest absolute Gasteiger partial charge is 0.193 e. The van der Waals surface area contributed by atoms with Crippen LogP contribution in [0, 0.1) is 13.8 Å². The number of anilines is 1. The number of guanidine groups is 1. The molecule has 1 saturated heterocycles. The summed E-state index contributed by atoms with van der Waals surface area (Å²) in [4.78, 5) is 4.68. The average molecular weight is 495 g/mol. The molecule has 1 aliphatic rings. The van der Waals surface area contributed by atoms with E-state index in [1.807, 2.05) is 18.2 Å². The van der Waals surface area contributed by atoms with Crippen LogP contribution in [0.25, 0.3) is 0 Å². The number of aryl methyl sites for hydroxylation is 2. The Morgan fingerprint density at radius 1 is 1.11 bits per heavy atom. The number of nitrogens with zero attached hydrogens (tertiary/aromatic N) is 1. The second kappa shape index (κ2) is 10.1. The number of hydrogen-bond acceptors (Lipinski definition) is 3. The third kappa shape index (κ3) is 5.38. The van der Waals surface area contributed by atoms with Crippen LogP contribution in [0.3, 0.4) is 0 Å². The van der Waals surface area contributed by atoms with Gasteiger partial charge in [0.15, 0.2) is 5.96 Å². The highest BCUT2D eigenvalue weighted by molar-refractivity contribution is 14.0. The summed E-state index contributed by atoms with van der Waals surface area (Å²) in [7, 11) is 1.68. The Morgan fingerprint density at radius 2 is 1.79 bits per heavy atom. The van der Waals surface area contributed by atoms with Crippen molar-refractivity contribution in [2.45, 2.75) is 32.1 Å². The lowest BCUT2D eigenvalue weighted by molar-refractivity contribution is 0.0531. The van der Waals surface area contributed by atoms with Gasteiger partial charge in [0.2, 0.25) is 0 Å². The summed E-state index contributed by atoms with van der Waals surface area (Å²) >= 11 is 0. The summed E-state index contributed by atoms with van der Waals surface area (Å²) in [6.45, 7) is 6.30. The van der Waals surface area contributed by atoms with Crippen LogP contribution in [0.1, 0.15) is 29.5 Å². The molecule has 5 nitrogen and oxygen atoms in total. The van der Waals surface area contributed by atoms with E-state index in [4.69, 9.17) is 15.2 Å². The van der Waals surface area contributed by atoms with Crippen molar-refractivity contribution < 1.29 is 9.47 Å². The fourth-order valence-corrected chi connectivity index (χ4v) is 3.49. The lowest BCUT2D eigenvalue weighted by Crippen LogP contribution is -2.38. The highest BCUT2D eigenvalue weighted by Crippen LogP contribution is 2.36. The fraction of sp³-hybridized carbons (Fsp3) is 0.409. The van der Waals surface area contributed by atoms with Gasteiger partial charge in [-0.25, -0.2) is 0 Å². The first-order valence-corrected chi connectivity index (χ1v) is 9.39. The van der Waals surface area contributed by atoms with E-state index < -0.39 is 0 Å². The minimum atomic E-state index is -0.0555. The van der Waals surface area contributed by atoms with E-state index in [0.717, 1.165) is 37.5 Å². The van der Waals surface area contributed by atoms with Crippen molar-refractivity contribution in [3.63, 3.8) is 0 Å². The first-order chi connectivity index (χ1) is 13.0. The summed E-state index contributed by atoms with van der Waals surface area (Å²) in [5.41, 5.74) is 10.8. The van der Waals surface area contributed by atoms with Crippen LogP contribution in [0.4, 0.5) is 5.69 Å². The Labute approximate surface area is 184 Å². The molecule has 1 heterocycles. The predicted molar refractivity (Wildman–Crippen MR) is 126 cm³/mol. The van der Waals surface area contributed by atoms with Gasteiger partial charge in [-0.15, -0.1) is 24.0 Å². The molecule has 6 heteroatoms. The van der Waals surface area contributed by atoms with Crippen molar-refractivity contribution in [3.8, 4) is 5.75 Å². The van der Waals surface area contributed by atoms with E-state index in [2.05, 4.69) is 48.4 Å². The van der Waals surface area contributed by atoms with Crippen LogP contribution in [0.2, 0.25) is 0 Å².